The van der Waals surface area contributed by atoms with Crippen molar-refractivity contribution in [3.8, 4) is 5.88 Å². The summed E-state index contributed by atoms with van der Waals surface area (Å²) in [5.41, 5.74) is 0.528. The molecule has 2 aromatic heterocycles. The van der Waals surface area contributed by atoms with Gasteiger partial charge in [-0.15, -0.1) is 0 Å². The van der Waals surface area contributed by atoms with Crippen LogP contribution in [-0.4, -0.2) is 17.3 Å². The lowest BCUT2D eigenvalue weighted by Crippen LogP contribution is -2.22. The van der Waals surface area contributed by atoms with Gasteiger partial charge in [-0.1, -0.05) is 0 Å². The Kier molecular flexibility index (Phi) is 1.33. The molecule has 0 radical (unpaired) electrons. The first-order chi connectivity index (χ1) is 5.81. The summed E-state index contributed by atoms with van der Waals surface area (Å²) in [5, 5.41) is 14.2. The molecule has 62 valence electrons. The molecular formula is C6H5N3O3. The molecule has 0 saturated carbocycles. The van der Waals surface area contributed by atoms with Gasteiger partial charge in [0.1, 0.15) is 0 Å². The molecule has 0 atom stereocenters. The fraction of sp³-hybridized carbons (Fsp3) is 0.167. The first-order valence-electron chi connectivity index (χ1n) is 3.22. The summed E-state index contributed by atoms with van der Waals surface area (Å²) in [6, 6.07) is 3.10. The van der Waals surface area contributed by atoms with Gasteiger partial charge in [-0.05, 0) is 4.90 Å². The highest BCUT2D eigenvalue weighted by atomic mass is 16.8. The molecule has 0 N–H and O–H groups in total. The van der Waals surface area contributed by atoms with Gasteiger partial charge >= 0.3 is 5.65 Å². The quantitative estimate of drug-likeness (QED) is 0.553. The molecule has 0 aromatic carbocycles. The Bertz CT molecular complexity index is 411. The van der Waals surface area contributed by atoms with Crippen LogP contribution in [0.2, 0.25) is 0 Å². The Balaban J connectivity index is 2.69. The minimum absolute atomic E-state index is 0.240. The lowest BCUT2D eigenvalue weighted by molar-refractivity contribution is -0.782. The molecule has 2 aromatic rings. The number of nitrogens with zero attached hydrogens (tertiary/aromatic N) is 3. The van der Waals surface area contributed by atoms with Crippen molar-refractivity contribution >= 4 is 11.2 Å². The summed E-state index contributed by atoms with van der Waals surface area (Å²) >= 11 is 0. The molecule has 12 heavy (non-hydrogen) atoms. The van der Waals surface area contributed by atoms with Crippen molar-refractivity contribution < 1.29 is 14.3 Å². The number of ether oxygens (including phenoxy) is 1. The second-order valence-corrected chi connectivity index (χ2v) is 2.13. The highest BCUT2D eigenvalue weighted by molar-refractivity contribution is 5.65. The number of methoxy groups -OCH3 is 1. The van der Waals surface area contributed by atoms with E-state index in [2.05, 4.69) is 14.8 Å². The summed E-state index contributed by atoms with van der Waals surface area (Å²) in [4.78, 5) is 4.16. The van der Waals surface area contributed by atoms with Crippen LogP contribution in [0, 0.1) is 5.21 Å². The van der Waals surface area contributed by atoms with E-state index < -0.39 is 0 Å². The molecule has 0 amide bonds. The van der Waals surface area contributed by atoms with E-state index in [9.17, 15) is 5.21 Å². The minimum Gasteiger partial charge on any atom is -0.481 e. The number of hydrogen-bond donors (Lipinski definition) is 0. The smallest absolute Gasteiger partial charge is 0.343 e. The molecule has 0 aliphatic carbocycles. The van der Waals surface area contributed by atoms with Crippen LogP contribution in [0.5, 0.6) is 5.88 Å². The SMILES string of the molecule is COc1ccc2c(no[n+]2[O-])n1. The molecule has 0 aliphatic heterocycles. The van der Waals surface area contributed by atoms with Gasteiger partial charge in [-0.2, -0.15) is 4.98 Å². The van der Waals surface area contributed by atoms with Gasteiger partial charge in [0.2, 0.25) is 11.4 Å². The Hall–Kier alpha value is -1.85. The van der Waals surface area contributed by atoms with Crippen molar-refractivity contribution in [3.05, 3.63) is 17.3 Å². The number of hydrogen-bond acceptors (Lipinski definition) is 5. The predicted molar refractivity (Wildman–Crippen MR) is 37.3 cm³/mol. The van der Waals surface area contributed by atoms with Gasteiger partial charge in [-0.3, -0.25) is 4.63 Å². The van der Waals surface area contributed by atoms with E-state index in [1.165, 1.54) is 13.2 Å². The van der Waals surface area contributed by atoms with E-state index in [0.717, 1.165) is 0 Å². The maximum absolute atomic E-state index is 10.8. The van der Waals surface area contributed by atoms with Crippen molar-refractivity contribution in [1.82, 2.24) is 10.1 Å². The van der Waals surface area contributed by atoms with Crippen molar-refractivity contribution in [2.24, 2.45) is 0 Å². The maximum atomic E-state index is 10.8. The van der Waals surface area contributed by atoms with Gasteiger partial charge in [0, 0.05) is 12.1 Å². The number of aromatic nitrogens is 3. The van der Waals surface area contributed by atoms with E-state index in [-0.39, 0.29) is 11.2 Å². The Labute approximate surface area is 66.9 Å². The molecule has 0 fully saturated rings. The summed E-state index contributed by atoms with van der Waals surface area (Å²) in [6.07, 6.45) is 0. The molecule has 6 heteroatoms. The second kappa shape index (κ2) is 2.33. The first kappa shape index (κ1) is 6.84. The third kappa shape index (κ3) is 0.849. The van der Waals surface area contributed by atoms with Gasteiger partial charge < -0.3 is 9.94 Å². The highest BCUT2D eigenvalue weighted by Crippen LogP contribution is 2.10. The number of rotatable bonds is 1. The lowest BCUT2D eigenvalue weighted by Gasteiger charge is -1.92. The van der Waals surface area contributed by atoms with Crippen molar-refractivity contribution in [1.29, 1.82) is 0 Å². The van der Waals surface area contributed by atoms with Gasteiger partial charge in [-0.25, -0.2) is 0 Å². The normalized spacial score (nSPS) is 10.4. The van der Waals surface area contributed by atoms with Crippen LogP contribution in [-0.2, 0) is 0 Å². The molecule has 6 nitrogen and oxygen atoms in total. The van der Waals surface area contributed by atoms with Gasteiger partial charge in [0.05, 0.1) is 12.3 Å². The van der Waals surface area contributed by atoms with Crippen LogP contribution in [0.15, 0.2) is 16.8 Å². The molecular weight excluding hydrogens is 162 g/mol. The fourth-order valence-corrected chi connectivity index (χ4v) is 0.867. The van der Waals surface area contributed by atoms with Crippen LogP contribution >= 0.6 is 0 Å². The zero-order valence-electron chi connectivity index (χ0n) is 6.22. The molecule has 2 heterocycles. The topological polar surface area (TPSA) is 75.1 Å². The fourth-order valence-electron chi connectivity index (χ4n) is 0.867. The second-order valence-electron chi connectivity index (χ2n) is 2.13. The summed E-state index contributed by atoms with van der Waals surface area (Å²) < 4.78 is 9.13. The molecule has 0 unspecified atom stereocenters. The minimum atomic E-state index is 0.240. The third-order valence-electron chi connectivity index (χ3n) is 1.44. The number of pyridine rings is 1. The summed E-state index contributed by atoms with van der Waals surface area (Å²) in [6.45, 7) is 0. The van der Waals surface area contributed by atoms with Gasteiger partial charge in [0.25, 0.3) is 0 Å². The van der Waals surface area contributed by atoms with Crippen molar-refractivity contribution in [2.75, 3.05) is 7.11 Å². The van der Waals surface area contributed by atoms with Crippen LogP contribution in [0.4, 0.5) is 0 Å². The van der Waals surface area contributed by atoms with Crippen LogP contribution in [0.25, 0.3) is 11.2 Å². The zero-order valence-corrected chi connectivity index (χ0v) is 6.22. The molecule has 0 saturated heterocycles. The molecule has 0 aliphatic rings. The zero-order chi connectivity index (χ0) is 8.55. The monoisotopic (exact) mass is 167 g/mol. The Morgan fingerprint density at radius 1 is 1.58 bits per heavy atom. The summed E-state index contributed by atoms with van der Waals surface area (Å²) in [5.74, 6) is 0.399. The van der Waals surface area contributed by atoms with E-state index in [1.54, 1.807) is 6.07 Å². The Morgan fingerprint density at radius 3 is 3.17 bits per heavy atom. The third-order valence-corrected chi connectivity index (χ3v) is 1.44. The Morgan fingerprint density at radius 2 is 2.42 bits per heavy atom. The van der Waals surface area contributed by atoms with Crippen molar-refractivity contribution in [3.63, 3.8) is 0 Å². The van der Waals surface area contributed by atoms with E-state index >= 15 is 0 Å². The first-order valence-corrected chi connectivity index (χ1v) is 3.22. The van der Waals surface area contributed by atoms with Crippen molar-refractivity contribution in [2.45, 2.75) is 0 Å². The summed E-state index contributed by atoms with van der Waals surface area (Å²) in [7, 11) is 1.49. The molecule has 0 spiro atoms. The number of fused-ring (bicyclic) bond motifs is 1. The largest absolute Gasteiger partial charge is 0.481 e. The molecule has 2 rings (SSSR count). The average molecular weight is 167 g/mol. The van der Waals surface area contributed by atoms with Gasteiger partial charge in [0.15, 0.2) is 0 Å². The van der Waals surface area contributed by atoms with Crippen LogP contribution in [0.1, 0.15) is 0 Å². The van der Waals surface area contributed by atoms with Crippen LogP contribution in [0.3, 0.4) is 0 Å². The van der Waals surface area contributed by atoms with E-state index in [4.69, 9.17) is 4.74 Å². The maximum Gasteiger partial charge on any atom is 0.343 e. The van der Waals surface area contributed by atoms with E-state index in [0.29, 0.717) is 10.8 Å². The molecule has 0 bridgehead atoms. The van der Waals surface area contributed by atoms with E-state index in [1.807, 2.05) is 0 Å². The predicted octanol–water partition coefficient (Wildman–Crippen LogP) is -0.135. The lowest BCUT2D eigenvalue weighted by atomic mass is 10.4. The van der Waals surface area contributed by atoms with Crippen LogP contribution < -0.4 is 9.64 Å². The highest BCUT2D eigenvalue weighted by Gasteiger charge is 2.10. The average Bonchev–Trinajstić information content (AvgIpc) is 2.47. The standard InChI is InChI=1S/C6H5N3O3/c1-11-5-3-2-4-6(7-5)8-12-9(4)10/h2-3H,1H3.